The van der Waals surface area contributed by atoms with Crippen LogP contribution in [0.4, 0.5) is 0 Å². The van der Waals surface area contributed by atoms with Crippen LogP contribution in [0.3, 0.4) is 0 Å². The number of H-pyrrole nitrogens is 2. The minimum Gasteiger partial charge on any atom is -0.342 e. The average molecular weight is 459 g/mol. The number of aromatic nitrogens is 4. The molecule has 2 aromatic heterocycles. The average Bonchev–Trinajstić information content (AvgIpc) is 3.50. The van der Waals surface area contributed by atoms with Gasteiger partial charge in [0.1, 0.15) is 11.6 Å². The number of hydrogen-bond donors (Lipinski definition) is 2. The van der Waals surface area contributed by atoms with Crippen molar-refractivity contribution in [3.8, 4) is 22.3 Å². The minimum atomic E-state index is 0.406. The molecule has 1 atom stereocenters. The summed E-state index contributed by atoms with van der Waals surface area (Å²) in [6, 6.07) is 26.4. The highest BCUT2D eigenvalue weighted by molar-refractivity contribution is 5.93. The number of aryl methyl sites for hydroxylation is 1. The SMILES string of the molecule is CCc1nc2ccc(-c3ccc4cc(-c5ccc6nc(C(C)C(C)C)[nH]c6c5)ccc4c3)cc2[nH]1. The second-order valence-electron chi connectivity index (χ2n) is 9.93. The Kier molecular flexibility index (Phi) is 5.18. The first-order valence-electron chi connectivity index (χ1n) is 12.5. The van der Waals surface area contributed by atoms with Gasteiger partial charge in [-0.25, -0.2) is 9.97 Å². The fourth-order valence-electron chi connectivity index (χ4n) is 4.75. The van der Waals surface area contributed by atoms with Crippen LogP contribution in [-0.4, -0.2) is 19.9 Å². The molecule has 4 heteroatoms. The number of aromatic amines is 2. The van der Waals surface area contributed by atoms with Crippen molar-refractivity contribution in [2.24, 2.45) is 5.92 Å². The zero-order valence-electron chi connectivity index (χ0n) is 20.7. The van der Waals surface area contributed by atoms with Crippen LogP contribution in [0.15, 0.2) is 72.8 Å². The maximum absolute atomic E-state index is 4.82. The number of nitrogens with zero attached hydrogens (tertiary/aromatic N) is 2. The predicted molar refractivity (Wildman–Crippen MR) is 147 cm³/mol. The molecule has 0 amide bonds. The Hall–Kier alpha value is -3.92. The van der Waals surface area contributed by atoms with Gasteiger partial charge in [0.05, 0.1) is 22.1 Å². The van der Waals surface area contributed by atoms with Crippen LogP contribution in [0.2, 0.25) is 0 Å². The molecule has 0 bridgehead atoms. The molecule has 6 rings (SSSR count). The minimum absolute atomic E-state index is 0.406. The van der Waals surface area contributed by atoms with Crippen molar-refractivity contribution in [1.29, 1.82) is 0 Å². The molecule has 2 N–H and O–H groups in total. The predicted octanol–water partition coefficient (Wildman–Crippen LogP) is 8.25. The summed E-state index contributed by atoms with van der Waals surface area (Å²) in [5, 5.41) is 2.47. The molecular formula is C31H30N4. The van der Waals surface area contributed by atoms with Gasteiger partial charge in [-0.3, -0.25) is 0 Å². The number of imidazole rings is 2. The Morgan fingerprint density at radius 1 is 0.629 bits per heavy atom. The number of rotatable bonds is 5. The summed E-state index contributed by atoms with van der Waals surface area (Å²) in [6.07, 6.45) is 0.911. The van der Waals surface area contributed by atoms with Crippen LogP contribution in [0, 0.1) is 5.92 Å². The van der Waals surface area contributed by atoms with Gasteiger partial charge in [0, 0.05) is 12.3 Å². The smallest absolute Gasteiger partial charge is 0.110 e. The van der Waals surface area contributed by atoms with E-state index in [1.165, 1.54) is 33.0 Å². The molecule has 0 spiro atoms. The van der Waals surface area contributed by atoms with E-state index in [2.05, 4.69) is 115 Å². The van der Waals surface area contributed by atoms with Crippen LogP contribution in [0.1, 0.15) is 45.3 Å². The van der Waals surface area contributed by atoms with Crippen LogP contribution in [0.25, 0.3) is 55.1 Å². The Morgan fingerprint density at radius 2 is 1.14 bits per heavy atom. The third-order valence-electron chi connectivity index (χ3n) is 7.30. The van der Waals surface area contributed by atoms with Crippen molar-refractivity contribution in [2.75, 3.05) is 0 Å². The van der Waals surface area contributed by atoms with E-state index in [4.69, 9.17) is 4.98 Å². The van der Waals surface area contributed by atoms with E-state index in [1.807, 2.05) is 0 Å². The molecule has 0 radical (unpaired) electrons. The van der Waals surface area contributed by atoms with Crippen molar-refractivity contribution in [3.63, 3.8) is 0 Å². The van der Waals surface area contributed by atoms with Gasteiger partial charge in [0.2, 0.25) is 0 Å². The van der Waals surface area contributed by atoms with E-state index in [9.17, 15) is 0 Å². The first-order chi connectivity index (χ1) is 17.0. The molecule has 1 unspecified atom stereocenters. The van der Waals surface area contributed by atoms with Gasteiger partial charge in [0.25, 0.3) is 0 Å². The summed E-state index contributed by atoms with van der Waals surface area (Å²) in [5.41, 5.74) is 9.07. The van der Waals surface area contributed by atoms with Crippen LogP contribution < -0.4 is 0 Å². The van der Waals surface area contributed by atoms with Gasteiger partial charge < -0.3 is 9.97 Å². The molecular weight excluding hydrogens is 428 g/mol. The number of fused-ring (bicyclic) bond motifs is 3. The summed E-state index contributed by atoms with van der Waals surface area (Å²) >= 11 is 0. The molecule has 174 valence electrons. The first kappa shape index (κ1) is 21.6. The van der Waals surface area contributed by atoms with Crippen molar-refractivity contribution in [2.45, 2.75) is 40.0 Å². The van der Waals surface area contributed by atoms with Crippen LogP contribution in [-0.2, 0) is 6.42 Å². The second kappa shape index (κ2) is 8.38. The van der Waals surface area contributed by atoms with Gasteiger partial charge in [-0.05, 0) is 75.3 Å². The molecule has 0 aliphatic heterocycles. The van der Waals surface area contributed by atoms with Crippen molar-refractivity contribution >= 4 is 32.8 Å². The Labute approximate surface area is 205 Å². The molecule has 0 saturated heterocycles. The van der Waals surface area contributed by atoms with E-state index in [1.54, 1.807) is 0 Å². The number of nitrogens with one attached hydrogen (secondary N) is 2. The largest absolute Gasteiger partial charge is 0.342 e. The zero-order chi connectivity index (χ0) is 24.1. The zero-order valence-corrected chi connectivity index (χ0v) is 20.7. The Bertz CT molecular complexity index is 1690. The van der Waals surface area contributed by atoms with E-state index < -0.39 is 0 Å². The molecule has 0 saturated carbocycles. The van der Waals surface area contributed by atoms with E-state index in [-0.39, 0.29) is 0 Å². The second-order valence-corrected chi connectivity index (χ2v) is 9.93. The third kappa shape index (κ3) is 3.89. The molecule has 4 nitrogen and oxygen atoms in total. The highest BCUT2D eigenvalue weighted by atomic mass is 14.9. The van der Waals surface area contributed by atoms with E-state index >= 15 is 0 Å². The number of benzene rings is 4. The maximum Gasteiger partial charge on any atom is 0.110 e. The highest BCUT2D eigenvalue weighted by Crippen LogP contribution is 2.31. The topological polar surface area (TPSA) is 57.4 Å². The van der Waals surface area contributed by atoms with Gasteiger partial charge in [-0.2, -0.15) is 0 Å². The summed E-state index contributed by atoms with van der Waals surface area (Å²) in [4.78, 5) is 16.4. The fourth-order valence-corrected chi connectivity index (χ4v) is 4.75. The lowest BCUT2D eigenvalue weighted by molar-refractivity contribution is 0.515. The molecule has 4 aromatic carbocycles. The summed E-state index contributed by atoms with van der Waals surface area (Å²) in [7, 11) is 0. The number of hydrogen-bond acceptors (Lipinski definition) is 2. The maximum atomic E-state index is 4.82. The monoisotopic (exact) mass is 458 g/mol. The van der Waals surface area contributed by atoms with E-state index in [0.29, 0.717) is 11.8 Å². The van der Waals surface area contributed by atoms with Crippen LogP contribution in [0.5, 0.6) is 0 Å². The lowest BCUT2D eigenvalue weighted by Gasteiger charge is -2.11. The third-order valence-corrected chi connectivity index (χ3v) is 7.30. The first-order valence-corrected chi connectivity index (χ1v) is 12.5. The fraction of sp³-hybridized carbons (Fsp3) is 0.226. The normalized spacial score (nSPS) is 12.8. The summed E-state index contributed by atoms with van der Waals surface area (Å²) in [5.74, 6) is 3.05. The molecule has 35 heavy (non-hydrogen) atoms. The molecule has 2 heterocycles. The highest BCUT2D eigenvalue weighted by Gasteiger charge is 2.15. The van der Waals surface area contributed by atoms with Gasteiger partial charge in [-0.1, -0.05) is 64.1 Å². The van der Waals surface area contributed by atoms with Crippen molar-refractivity contribution in [1.82, 2.24) is 19.9 Å². The van der Waals surface area contributed by atoms with Crippen molar-refractivity contribution < 1.29 is 0 Å². The van der Waals surface area contributed by atoms with Gasteiger partial charge in [0.15, 0.2) is 0 Å². The Balaban J connectivity index is 1.34. The molecule has 0 fully saturated rings. The lowest BCUT2D eigenvalue weighted by Crippen LogP contribution is -2.03. The molecule has 0 aliphatic carbocycles. The van der Waals surface area contributed by atoms with Crippen molar-refractivity contribution in [3.05, 3.63) is 84.4 Å². The lowest BCUT2D eigenvalue weighted by atomic mass is 9.97. The Morgan fingerprint density at radius 3 is 1.71 bits per heavy atom. The summed E-state index contributed by atoms with van der Waals surface area (Å²) in [6.45, 7) is 8.83. The summed E-state index contributed by atoms with van der Waals surface area (Å²) < 4.78 is 0. The van der Waals surface area contributed by atoms with Crippen LogP contribution >= 0.6 is 0 Å². The van der Waals surface area contributed by atoms with E-state index in [0.717, 1.165) is 40.1 Å². The standard InChI is InChI=1S/C31H30N4/c1-5-30-32-26-12-10-24(16-28(26)33-30)22-8-6-21-15-23(9-7-20(21)14-22)25-11-13-27-29(17-25)35-31(34-27)19(4)18(2)3/h6-19H,5H2,1-4H3,(H,32,33)(H,34,35). The molecule has 6 aromatic rings. The molecule has 0 aliphatic rings. The van der Waals surface area contributed by atoms with Gasteiger partial charge in [-0.15, -0.1) is 0 Å². The quantitative estimate of drug-likeness (QED) is 0.273. The van der Waals surface area contributed by atoms with Gasteiger partial charge >= 0.3 is 0 Å².